The lowest BCUT2D eigenvalue weighted by molar-refractivity contribution is 0.300. The van der Waals surface area contributed by atoms with Crippen LogP contribution in [0.3, 0.4) is 0 Å². The van der Waals surface area contributed by atoms with Crippen molar-refractivity contribution >= 4 is 0 Å². The molecule has 2 rings (SSSR count). The van der Waals surface area contributed by atoms with E-state index in [9.17, 15) is 0 Å². The molecule has 1 atom stereocenters. The first-order chi connectivity index (χ1) is 8.16. The Kier molecular flexibility index (Phi) is 4.18. The summed E-state index contributed by atoms with van der Waals surface area (Å²) in [5, 5.41) is 8.04. The predicted molar refractivity (Wildman–Crippen MR) is 70.0 cm³/mol. The molecule has 4 nitrogen and oxygen atoms in total. The summed E-state index contributed by atoms with van der Waals surface area (Å²) in [6.45, 7) is 7.50. The van der Waals surface area contributed by atoms with Crippen molar-refractivity contribution in [1.82, 2.24) is 20.0 Å². The molecule has 0 aliphatic carbocycles. The number of hydrogen-bond donors (Lipinski definition) is 1. The number of likely N-dealkylation sites (tertiary alicyclic amines) is 1. The van der Waals surface area contributed by atoms with E-state index in [1.54, 1.807) is 0 Å². The third kappa shape index (κ3) is 3.30. The smallest absolute Gasteiger partial charge is 0.0762 e. The summed E-state index contributed by atoms with van der Waals surface area (Å²) in [6, 6.07) is 3.26. The highest BCUT2D eigenvalue weighted by Crippen LogP contribution is 2.13. The molecule has 0 bridgehead atoms. The monoisotopic (exact) mass is 236 g/mol. The van der Waals surface area contributed by atoms with E-state index in [0.29, 0.717) is 12.1 Å². The van der Waals surface area contributed by atoms with E-state index in [1.807, 2.05) is 4.68 Å². The Hall–Kier alpha value is -0.870. The van der Waals surface area contributed by atoms with Crippen LogP contribution in [-0.4, -0.2) is 40.9 Å². The van der Waals surface area contributed by atoms with E-state index < -0.39 is 0 Å². The van der Waals surface area contributed by atoms with Gasteiger partial charge >= 0.3 is 0 Å². The second kappa shape index (κ2) is 5.65. The van der Waals surface area contributed by atoms with Gasteiger partial charge in [-0.05, 0) is 46.3 Å². The van der Waals surface area contributed by atoms with E-state index in [1.165, 1.54) is 19.4 Å². The van der Waals surface area contributed by atoms with Crippen LogP contribution >= 0.6 is 0 Å². The number of aromatic nitrogens is 2. The van der Waals surface area contributed by atoms with Crippen molar-refractivity contribution in [2.45, 2.75) is 45.3 Å². The minimum Gasteiger partial charge on any atom is -0.310 e. The molecular formula is C13H24N4. The molecule has 4 heteroatoms. The van der Waals surface area contributed by atoms with Gasteiger partial charge in [0, 0.05) is 31.4 Å². The van der Waals surface area contributed by atoms with Gasteiger partial charge in [-0.3, -0.25) is 4.68 Å². The van der Waals surface area contributed by atoms with E-state index in [2.05, 4.69) is 48.5 Å². The quantitative estimate of drug-likeness (QED) is 0.844. The fraction of sp³-hybridized carbons (Fsp3) is 0.769. The van der Waals surface area contributed by atoms with Crippen molar-refractivity contribution in [1.29, 1.82) is 0 Å². The average molecular weight is 236 g/mol. The number of hydrogen-bond acceptors (Lipinski definition) is 3. The van der Waals surface area contributed by atoms with Crippen molar-refractivity contribution in [3.8, 4) is 0 Å². The molecule has 1 fully saturated rings. The SMILES string of the molecule is CC(C)n1ccc(CNCC2CCCN2C)n1. The number of nitrogens with one attached hydrogen (secondary N) is 1. The van der Waals surface area contributed by atoms with Gasteiger partial charge in [0.05, 0.1) is 5.69 Å². The van der Waals surface area contributed by atoms with Crippen LogP contribution in [0.2, 0.25) is 0 Å². The van der Waals surface area contributed by atoms with E-state index in [0.717, 1.165) is 18.8 Å². The second-order valence-electron chi connectivity index (χ2n) is 5.29. The van der Waals surface area contributed by atoms with Gasteiger partial charge < -0.3 is 10.2 Å². The number of nitrogens with zero attached hydrogens (tertiary/aromatic N) is 3. The molecule has 17 heavy (non-hydrogen) atoms. The van der Waals surface area contributed by atoms with Gasteiger partial charge in [0.2, 0.25) is 0 Å². The first-order valence-electron chi connectivity index (χ1n) is 6.62. The van der Waals surface area contributed by atoms with Crippen molar-refractivity contribution < 1.29 is 0 Å². The first kappa shape index (κ1) is 12.6. The van der Waals surface area contributed by atoms with Crippen molar-refractivity contribution in [2.75, 3.05) is 20.1 Å². The highest BCUT2D eigenvalue weighted by Gasteiger charge is 2.19. The maximum Gasteiger partial charge on any atom is 0.0762 e. The molecule has 1 unspecified atom stereocenters. The molecule has 1 saturated heterocycles. The third-order valence-corrected chi connectivity index (χ3v) is 3.55. The summed E-state index contributed by atoms with van der Waals surface area (Å²) in [5.74, 6) is 0. The zero-order valence-electron chi connectivity index (χ0n) is 11.2. The Morgan fingerprint density at radius 1 is 1.53 bits per heavy atom. The largest absolute Gasteiger partial charge is 0.310 e. The van der Waals surface area contributed by atoms with E-state index >= 15 is 0 Å². The molecule has 0 amide bonds. The minimum absolute atomic E-state index is 0.449. The zero-order chi connectivity index (χ0) is 12.3. The summed E-state index contributed by atoms with van der Waals surface area (Å²) in [5.41, 5.74) is 1.14. The van der Waals surface area contributed by atoms with Crippen molar-refractivity contribution in [3.63, 3.8) is 0 Å². The predicted octanol–water partition coefficient (Wildman–Crippen LogP) is 1.65. The maximum atomic E-state index is 4.53. The Balaban J connectivity index is 1.74. The lowest BCUT2D eigenvalue weighted by atomic mass is 10.2. The fourth-order valence-corrected chi connectivity index (χ4v) is 2.36. The first-order valence-corrected chi connectivity index (χ1v) is 6.62. The zero-order valence-corrected chi connectivity index (χ0v) is 11.2. The molecule has 0 saturated carbocycles. The normalized spacial score (nSPS) is 21.5. The molecule has 96 valence electrons. The van der Waals surface area contributed by atoms with Crippen LogP contribution in [0.5, 0.6) is 0 Å². The molecule has 1 aromatic rings. The standard InChI is InChI=1S/C13H24N4/c1-11(2)17-8-6-12(15-17)9-14-10-13-5-4-7-16(13)3/h6,8,11,13-14H,4-5,7,9-10H2,1-3H3. The topological polar surface area (TPSA) is 33.1 Å². The number of likely N-dealkylation sites (N-methyl/N-ethyl adjacent to an activating group) is 1. The molecule has 1 aromatic heterocycles. The van der Waals surface area contributed by atoms with Gasteiger partial charge in [-0.2, -0.15) is 5.10 Å². The molecule has 2 heterocycles. The Morgan fingerprint density at radius 2 is 2.35 bits per heavy atom. The lowest BCUT2D eigenvalue weighted by Crippen LogP contribution is -2.35. The Labute approximate surface area is 104 Å². The number of rotatable bonds is 5. The van der Waals surface area contributed by atoms with Crippen LogP contribution in [0.4, 0.5) is 0 Å². The summed E-state index contributed by atoms with van der Waals surface area (Å²) >= 11 is 0. The van der Waals surface area contributed by atoms with Crippen LogP contribution in [0.1, 0.15) is 38.4 Å². The van der Waals surface area contributed by atoms with Gasteiger partial charge in [0.1, 0.15) is 0 Å². The minimum atomic E-state index is 0.449. The van der Waals surface area contributed by atoms with Gasteiger partial charge in [-0.25, -0.2) is 0 Å². The van der Waals surface area contributed by atoms with Crippen LogP contribution in [0, 0.1) is 0 Å². The lowest BCUT2D eigenvalue weighted by Gasteiger charge is -2.19. The highest BCUT2D eigenvalue weighted by molar-refractivity contribution is 4.99. The average Bonchev–Trinajstić information content (AvgIpc) is 2.89. The van der Waals surface area contributed by atoms with E-state index in [-0.39, 0.29) is 0 Å². The molecule has 1 aliphatic heterocycles. The second-order valence-corrected chi connectivity index (χ2v) is 5.29. The molecular weight excluding hydrogens is 212 g/mol. The van der Waals surface area contributed by atoms with Crippen LogP contribution in [-0.2, 0) is 6.54 Å². The molecule has 0 spiro atoms. The summed E-state index contributed by atoms with van der Waals surface area (Å²) in [7, 11) is 2.22. The molecule has 1 N–H and O–H groups in total. The van der Waals surface area contributed by atoms with Gasteiger partial charge in [-0.1, -0.05) is 0 Å². The molecule has 0 aromatic carbocycles. The van der Waals surface area contributed by atoms with Crippen LogP contribution in [0.25, 0.3) is 0 Å². The van der Waals surface area contributed by atoms with Gasteiger partial charge in [0.25, 0.3) is 0 Å². The van der Waals surface area contributed by atoms with E-state index in [4.69, 9.17) is 0 Å². The van der Waals surface area contributed by atoms with Gasteiger partial charge in [-0.15, -0.1) is 0 Å². The van der Waals surface area contributed by atoms with Crippen LogP contribution < -0.4 is 5.32 Å². The Bertz CT molecular complexity index is 345. The molecule has 1 aliphatic rings. The summed E-state index contributed by atoms with van der Waals surface area (Å²) in [4.78, 5) is 2.44. The summed E-state index contributed by atoms with van der Waals surface area (Å²) in [6.07, 6.45) is 4.72. The third-order valence-electron chi connectivity index (χ3n) is 3.55. The maximum absolute atomic E-state index is 4.53. The van der Waals surface area contributed by atoms with Crippen molar-refractivity contribution in [3.05, 3.63) is 18.0 Å². The highest BCUT2D eigenvalue weighted by atomic mass is 15.3. The fourth-order valence-electron chi connectivity index (χ4n) is 2.36. The van der Waals surface area contributed by atoms with Crippen LogP contribution in [0.15, 0.2) is 12.3 Å². The summed E-state index contributed by atoms with van der Waals surface area (Å²) < 4.78 is 2.01. The Morgan fingerprint density at radius 3 is 2.94 bits per heavy atom. The van der Waals surface area contributed by atoms with Crippen molar-refractivity contribution in [2.24, 2.45) is 0 Å². The van der Waals surface area contributed by atoms with Gasteiger partial charge in [0.15, 0.2) is 0 Å². The molecule has 0 radical (unpaired) electrons.